The number of fused-ring (bicyclic) bond motifs is 1. The minimum absolute atomic E-state index is 0.156. The van der Waals surface area contributed by atoms with E-state index in [0.717, 1.165) is 31.2 Å². The van der Waals surface area contributed by atoms with Crippen molar-refractivity contribution in [2.75, 3.05) is 6.61 Å². The molecule has 8 heteroatoms. The molecule has 4 aliphatic rings. The van der Waals surface area contributed by atoms with E-state index in [9.17, 15) is 8.42 Å². The first-order chi connectivity index (χ1) is 22.9. The molecule has 4 aliphatic carbocycles. The Hall–Kier alpha value is -1.04. The number of benzene rings is 1. The lowest BCUT2D eigenvalue weighted by molar-refractivity contribution is -0.00939. The fourth-order valence-corrected chi connectivity index (χ4v) is 12.8. The number of hydrogen-bond acceptors (Lipinski definition) is 5. The van der Waals surface area contributed by atoms with Crippen LogP contribution in [0.15, 0.2) is 52.5 Å². The molecule has 4 fully saturated rings. The minimum Gasteiger partial charge on any atom is -0.413 e. The Bertz CT molecular complexity index is 1500. The Morgan fingerprint density at radius 3 is 1.90 bits per heavy atom. The summed E-state index contributed by atoms with van der Waals surface area (Å²) >= 11 is 0. The van der Waals surface area contributed by atoms with Gasteiger partial charge in [-0.1, -0.05) is 96.4 Å². The first-order valence-corrected chi connectivity index (χ1v) is 26.8. The molecule has 4 saturated carbocycles. The summed E-state index contributed by atoms with van der Waals surface area (Å²) in [6.45, 7) is 30.7. The highest BCUT2D eigenvalue weighted by Crippen LogP contribution is 2.62. The van der Waals surface area contributed by atoms with Crippen molar-refractivity contribution in [1.29, 1.82) is 0 Å². The summed E-state index contributed by atoms with van der Waals surface area (Å²) < 4.78 is 46.4. The number of aryl methyl sites for hydroxylation is 1. The molecule has 50 heavy (non-hydrogen) atoms. The summed E-state index contributed by atoms with van der Waals surface area (Å²) in [5.74, 6) is 1.13. The zero-order valence-corrected chi connectivity index (χ0v) is 36.7. The third-order valence-electron chi connectivity index (χ3n) is 14.5. The van der Waals surface area contributed by atoms with Gasteiger partial charge in [0.25, 0.3) is 10.1 Å². The molecule has 0 heterocycles. The standard InChI is InChI=1S/C42H70O5SSi2/c1-30-16-20-34(21-17-30)48(43,44)45-29-31(2)35-22-23-36-33(15-14-24-41(35,36)9)19-18-32-27-37(46-49(10,11)39(3,4)5)42(25-26-42)38(28-32)47-50(12,13)40(6,7)8/h16-21,31,35-38H,14-15,22-29H2,1-13H3/b33-19+/t31-,35+,36-,37+,38+,41+/m0/s1. The smallest absolute Gasteiger partial charge is 0.296 e. The Morgan fingerprint density at radius 1 is 0.860 bits per heavy atom. The van der Waals surface area contributed by atoms with E-state index in [4.69, 9.17) is 13.0 Å². The first-order valence-electron chi connectivity index (χ1n) is 19.6. The topological polar surface area (TPSA) is 61.8 Å². The third-order valence-corrected chi connectivity index (χ3v) is 24.8. The van der Waals surface area contributed by atoms with Gasteiger partial charge in [0.15, 0.2) is 16.6 Å². The molecule has 1 spiro atoms. The molecule has 282 valence electrons. The SMILES string of the molecule is Cc1ccc(S(=O)(=O)OC[C@H](C)[C@H]2CC[C@H]3/C(=C/C=C4C[C@@H](O[Si](C)(C)C(C)(C)C)C5(CC5)[C@H](O[Si](C)(C)C(C)(C)C)C4)CCC[C@]23C)cc1. The zero-order chi connectivity index (χ0) is 37.1. The molecule has 0 bridgehead atoms. The predicted molar refractivity (Wildman–Crippen MR) is 213 cm³/mol. The van der Waals surface area contributed by atoms with Crippen LogP contribution in [-0.4, -0.2) is 43.9 Å². The first kappa shape index (κ1) is 40.2. The molecule has 1 aromatic rings. The molecule has 0 unspecified atom stereocenters. The molecule has 0 amide bonds. The summed E-state index contributed by atoms with van der Waals surface area (Å²) in [4.78, 5) is 0.242. The van der Waals surface area contributed by atoms with Gasteiger partial charge in [-0.05, 0) is 136 Å². The van der Waals surface area contributed by atoms with Crippen LogP contribution in [0.1, 0.15) is 119 Å². The van der Waals surface area contributed by atoms with Crippen molar-refractivity contribution < 1.29 is 21.5 Å². The van der Waals surface area contributed by atoms with Gasteiger partial charge in [0, 0.05) is 5.41 Å². The highest BCUT2D eigenvalue weighted by molar-refractivity contribution is 7.86. The molecule has 5 rings (SSSR count). The minimum atomic E-state index is -3.77. The number of allylic oxidation sites excluding steroid dienone is 3. The lowest BCUT2D eigenvalue weighted by Crippen LogP contribution is -2.54. The van der Waals surface area contributed by atoms with E-state index >= 15 is 0 Å². The van der Waals surface area contributed by atoms with Gasteiger partial charge < -0.3 is 8.85 Å². The van der Waals surface area contributed by atoms with Crippen molar-refractivity contribution in [1.82, 2.24) is 0 Å². The van der Waals surface area contributed by atoms with Gasteiger partial charge in [0.2, 0.25) is 0 Å². The van der Waals surface area contributed by atoms with Gasteiger partial charge in [0.1, 0.15) is 0 Å². The van der Waals surface area contributed by atoms with Gasteiger partial charge in [-0.2, -0.15) is 8.42 Å². The van der Waals surface area contributed by atoms with E-state index < -0.39 is 26.8 Å². The second-order valence-corrected chi connectivity index (χ2v) is 31.2. The van der Waals surface area contributed by atoms with E-state index in [0.29, 0.717) is 11.8 Å². The number of hydrogen-bond donors (Lipinski definition) is 0. The van der Waals surface area contributed by atoms with Crippen molar-refractivity contribution in [2.24, 2.45) is 28.6 Å². The Balaban J connectivity index is 1.35. The molecule has 0 aromatic heterocycles. The molecule has 1 aromatic carbocycles. The lowest BCUT2D eigenvalue weighted by atomic mass is 9.61. The van der Waals surface area contributed by atoms with Crippen LogP contribution >= 0.6 is 0 Å². The van der Waals surface area contributed by atoms with E-state index in [-0.39, 0.29) is 50.5 Å². The lowest BCUT2D eigenvalue weighted by Gasteiger charge is -2.49. The second-order valence-electron chi connectivity index (χ2n) is 20.1. The van der Waals surface area contributed by atoms with Crippen molar-refractivity contribution in [3.8, 4) is 0 Å². The Labute approximate surface area is 308 Å². The van der Waals surface area contributed by atoms with Crippen LogP contribution in [-0.2, 0) is 23.2 Å². The highest BCUT2D eigenvalue weighted by atomic mass is 32.2. The largest absolute Gasteiger partial charge is 0.413 e. The molecule has 0 saturated heterocycles. The fourth-order valence-electron chi connectivity index (χ4n) is 9.01. The molecule has 0 N–H and O–H groups in total. The average Bonchev–Trinajstić information content (AvgIpc) is 3.71. The maximum atomic E-state index is 13.0. The van der Waals surface area contributed by atoms with Crippen molar-refractivity contribution in [3.05, 3.63) is 53.1 Å². The summed E-state index contributed by atoms with van der Waals surface area (Å²) in [6.07, 6.45) is 15.7. The second kappa shape index (κ2) is 14.0. The molecule has 6 atom stereocenters. The Kier molecular flexibility index (Phi) is 11.2. The van der Waals surface area contributed by atoms with Crippen molar-refractivity contribution >= 4 is 26.8 Å². The normalized spacial score (nSPS) is 30.4. The van der Waals surface area contributed by atoms with Crippen LogP contribution in [0.2, 0.25) is 36.3 Å². The number of rotatable bonds is 10. The van der Waals surface area contributed by atoms with E-state index in [2.05, 4.69) is 93.7 Å². The summed E-state index contributed by atoms with van der Waals surface area (Å²) in [5, 5.41) is 0.335. The van der Waals surface area contributed by atoms with Gasteiger partial charge >= 0.3 is 0 Å². The predicted octanol–water partition coefficient (Wildman–Crippen LogP) is 11.8. The zero-order valence-electron chi connectivity index (χ0n) is 33.9. The maximum absolute atomic E-state index is 13.0. The van der Waals surface area contributed by atoms with E-state index in [1.165, 1.54) is 37.7 Å². The van der Waals surface area contributed by atoms with Gasteiger partial charge in [0.05, 0.1) is 23.7 Å². The Morgan fingerprint density at radius 2 is 1.40 bits per heavy atom. The monoisotopic (exact) mass is 742 g/mol. The quantitative estimate of drug-likeness (QED) is 0.176. The molecular formula is C42H70O5SSi2. The molecule has 5 nitrogen and oxygen atoms in total. The van der Waals surface area contributed by atoms with Crippen LogP contribution in [0.25, 0.3) is 0 Å². The van der Waals surface area contributed by atoms with Crippen LogP contribution in [0.4, 0.5) is 0 Å². The fraction of sp³-hybridized carbons (Fsp3) is 0.762. The van der Waals surface area contributed by atoms with Crippen LogP contribution in [0, 0.1) is 35.5 Å². The van der Waals surface area contributed by atoms with Crippen molar-refractivity contribution in [3.63, 3.8) is 0 Å². The van der Waals surface area contributed by atoms with Gasteiger partial charge in [-0.25, -0.2) is 0 Å². The van der Waals surface area contributed by atoms with E-state index in [1.54, 1.807) is 17.7 Å². The summed E-state index contributed by atoms with van der Waals surface area (Å²) in [6, 6.07) is 6.95. The highest BCUT2D eigenvalue weighted by Gasteiger charge is 2.61. The summed E-state index contributed by atoms with van der Waals surface area (Å²) in [7, 11) is -7.71. The van der Waals surface area contributed by atoms with Crippen molar-refractivity contribution in [2.45, 2.75) is 173 Å². The maximum Gasteiger partial charge on any atom is 0.296 e. The van der Waals surface area contributed by atoms with Gasteiger partial charge in [-0.3, -0.25) is 4.18 Å². The summed E-state index contributed by atoms with van der Waals surface area (Å²) in [5.41, 5.74) is 4.43. The average molecular weight is 743 g/mol. The van der Waals surface area contributed by atoms with Crippen LogP contribution in [0.5, 0.6) is 0 Å². The molecular weight excluding hydrogens is 673 g/mol. The van der Waals surface area contributed by atoms with Crippen LogP contribution < -0.4 is 0 Å². The van der Waals surface area contributed by atoms with Crippen LogP contribution in [0.3, 0.4) is 0 Å². The third kappa shape index (κ3) is 8.06. The van der Waals surface area contributed by atoms with Gasteiger partial charge in [-0.15, -0.1) is 0 Å². The molecule has 0 radical (unpaired) electrons. The van der Waals surface area contributed by atoms with E-state index in [1.807, 2.05) is 19.1 Å². The molecule has 0 aliphatic heterocycles.